The molecule has 0 aromatic carbocycles. The van der Waals surface area contributed by atoms with E-state index in [1.165, 1.54) is 0 Å². The van der Waals surface area contributed by atoms with Crippen molar-refractivity contribution in [2.45, 2.75) is 27.1 Å². The molecule has 2 heteroatoms. The Morgan fingerprint density at radius 3 is 1.86 bits per heavy atom. The van der Waals surface area contributed by atoms with Crippen LogP contribution in [-0.2, 0) is 0 Å². The molecule has 0 unspecified atom stereocenters. The van der Waals surface area contributed by atoms with Gasteiger partial charge in [0.15, 0.2) is 0 Å². The van der Waals surface area contributed by atoms with E-state index in [0.29, 0.717) is 5.41 Å². The van der Waals surface area contributed by atoms with Gasteiger partial charge in [0, 0.05) is 7.74 Å². The van der Waals surface area contributed by atoms with Gasteiger partial charge < -0.3 is 0 Å². The third-order valence-electron chi connectivity index (χ3n) is 0.730. The Kier molecular flexibility index (Phi) is 2.49. The second-order valence-electron chi connectivity index (χ2n) is 3.00. The normalized spacial score (nSPS) is 11.3. The first-order chi connectivity index (χ1) is 3.06. The standard InChI is InChI=1S/C5H11B2/c1-5(2,3)4-7-6/h4H2,1-3H3. The Morgan fingerprint density at radius 1 is 1.43 bits per heavy atom. The van der Waals surface area contributed by atoms with Gasteiger partial charge in [-0.3, -0.25) is 0 Å². The van der Waals surface area contributed by atoms with Crippen LogP contribution in [0.2, 0.25) is 6.32 Å². The summed E-state index contributed by atoms with van der Waals surface area (Å²) in [6, 6.07) is 0. The van der Waals surface area contributed by atoms with Crippen molar-refractivity contribution >= 4 is 14.9 Å². The molecular weight excluding hydrogens is 81.7 g/mol. The first-order valence-electron chi connectivity index (χ1n) is 2.60. The van der Waals surface area contributed by atoms with E-state index < -0.39 is 0 Å². The van der Waals surface area contributed by atoms with Gasteiger partial charge in [0.1, 0.15) is 0 Å². The Morgan fingerprint density at radius 2 is 1.86 bits per heavy atom. The molecule has 0 amide bonds. The molecular formula is C5H11B2. The average molecular weight is 92.8 g/mol. The molecule has 0 atom stereocenters. The highest BCUT2D eigenvalue weighted by Crippen LogP contribution is 2.16. The summed E-state index contributed by atoms with van der Waals surface area (Å²) in [5.74, 6) is 0. The van der Waals surface area contributed by atoms with Crippen molar-refractivity contribution in [3.05, 3.63) is 0 Å². The van der Waals surface area contributed by atoms with Gasteiger partial charge in [-0.05, 0) is 5.41 Å². The first-order valence-corrected chi connectivity index (χ1v) is 2.60. The van der Waals surface area contributed by atoms with Gasteiger partial charge >= 0.3 is 0 Å². The predicted molar refractivity (Wildman–Crippen MR) is 35.8 cm³/mol. The molecule has 0 aliphatic carbocycles. The van der Waals surface area contributed by atoms with Crippen LogP contribution in [0, 0.1) is 5.41 Å². The first kappa shape index (κ1) is 7.13. The van der Waals surface area contributed by atoms with Crippen LogP contribution in [0.4, 0.5) is 0 Å². The summed E-state index contributed by atoms with van der Waals surface area (Å²) in [7, 11) is 6.90. The fraction of sp³-hybridized carbons (Fsp3) is 1.00. The molecule has 0 aromatic rings. The molecule has 37 valence electrons. The summed E-state index contributed by atoms with van der Waals surface area (Å²) in [5, 5.41) is 0. The minimum atomic E-state index is 0.370. The highest BCUT2D eigenvalue weighted by molar-refractivity contribution is 6.89. The zero-order valence-electron chi connectivity index (χ0n) is 5.36. The SMILES string of the molecule is [B][B]CC(C)(C)C. The van der Waals surface area contributed by atoms with E-state index in [9.17, 15) is 0 Å². The zero-order valence-corrected chi connectivity index (χ0v) is 5.36. The summed E-state index contributed by atoms with van der Waals surface area (Å²) in [5.41, 5.74) is 0.370. The van der Waals surface area contributed by atoms with Gasteiger partial charge in [0.25, 0.3) is 0 Å². The van der Waals surface area contributed by atoms with E-state index in [-0.39, 0.29) is 0 Å². The lowest BCUT2D eigenvalue weighted by Crippen LogP contribution is -2.07. The van der Waals surface area contributed by atoms with Crippen LogP contribution < -0.4 is 0 Å². The minimum Gasteiger partial charge on any atom is -0.0847 e. The van der Waals surface area contributed by atoms with Crippen LogP contribution in [0.1, 0.15) is 20.8 Å². The van der Waals surface area contributed by atoms with Crippen LogP contribution in [-0.4, -0.2) is 14.9 Å². The fourth-order valence-corrected chi connectivity index (χ4v) is 0.354. The van der Waals surface area contributed by atoms with Gasteiger partial charge in [0.2, 0.25) is 0 Å². The second-order valence-corrected chi connectivity index (χ2v) is 3.00. The molecule has 0 aliphatic heterocycles. The largest absolute Gasteiger partial charge is 0.0847 e. The number of hydrogen-bond donors (Lipinski definition) is 0. The second kappa shape index (κ2) is 2.44. The van der Waals surface area contributed by atoms with Gasteiger partial charge in [-0.1, -0.05) is 27.1 Å². The van der Waals surface area contributed by atoms with Crippen LogP contribution in [0.15, 0.2) is 0 Å². The van der Waals surface area contributed by atoms with Crippen LogP contribution in [0.3, 0.4) is 0 Å². The Labute approximate surface area is 48.3 Å². The maximum Gasteiger partial charge on any atom is 0.0551 e. The molecule has 7 heavy (non-hydrogen) atoms. The van der Waals surface area contributed by atoms with E-state index in [0.717, 1.165) is 6.32 Å². The van der Waals surface area contributed by atoms with E-state index in [4.69, 9.17) is 7.74 Å². The molecule has 0 rings (SSSR count). The zero-order chi connectivity index (χ0) is 5.91. The molecule has 0 fully saturated rings. The van der Waals surface area contributed by atoms with E-state index in [1.54, 1.807) is 7.17 Å². The summed E-state index contributed by atoms with van der Waals surface area (Å²) >= 11 is 0. The lowest BCUT2D eigenvalue weighted by Gasteiger charge is -2.15. The summed E-state index contributed by atoms with van der Waals surface area (Å²) in [6.07, 6.45) is 0.993. The molecule has 3 radical (unpaired) electrons. The summed E-state index contributed by atoms with van der Waals surface area (Å²) in [6.45, 7) is 6.49. The lowest BCUT2D eigenvalue weighted by atomic mass is 9.49. The van der Waals surface area contributed by atoms with Gasteiger partial charge in [-0.15, -0.1) is 0 Å². The van der Waals surface area contributed by atoms with Crippen molar-refractivity contribution in [3.63, 3.8) is 0 Å². The van der Waals surface area contributed by atoms with Crippen molar-refractivity contribution in [2.75, 3.05) is 0 Å². The molecule has 0 aliphatic rings. The highest BCUT2D eigenvalue weighted by atomic mass is 14.1. The molecule has 0 heterocycles. The highest BCUT2D eigenvalue weighted by Gasteiger charge is 2.06. The fourth-order valence-electron chi connectivity index (χ4n) is 0.354. The molecule has 0 spiro atoms. The third-order valence-corrected chi connectivity index (χ3v) is 0.730. The monoisotopic (exact) mass is 93.1 g/mol. The van der Waals surface area contributed by atoms with Crippen LogP contribution >= 0.6 is 0 Å². The van der Waals surface area contributed by atoms with Crippen LogP contribution in [0.25, 0.3) is 0 Å². The van der Waals surface area contributed by atoms with Gasteiger partial charge in [0.05, 0.1) is 7.17 Å². The van der Waals surface area contributed by atoms with Crippen molar-refractivity contribution in [1.82, 2.24) is 0 Å². The maximum absolute atomic E-state index is 5.19. The lowest BCUT2D eigenvalue weighted by molar-refractivity contribution is 0.468. The molecule has 0 saturated heterocycles. The van der Waals surface area contributed by atoms with Crippen molar-refractivity contribution in [3.8, 4) is 0 Å². The van der Waals surface area contributed by atoms with Crippen molar-refractivity contribution in [1.29, 1.82) is 0 Å². The van der Waals surface area contributed by atoms with Crippen LogP contribution in [0.5, 0.6) is 0 Å². The smallest absolute Gasteiger partial charge is 0.0551 e. The maximum atomic E-state index is 5.19. The Balaban J connectivity index is 3.15. The number of hydrogen-bond acceptors (Lipinski definition) is 0. The summed E-state index contributed by atoms with van der Waals surface area (Å²) < 4.78 is 0. The third kappa shape index (κ3) is 6.13. The average Bonchev–Trinajstić information content (AvgIpc) is 1.30. The Bertz CT molecular complexity index is 44.5. The molecule has 0 saturated carbocycles. The molecule has 0 N–H and O–H groups in total. The molecule has 0 bridgehead atoms. The topological polar surface area (TPSA) is 0 Å². The van der Waals surface area contributed by atoms with E-state index in [1.807, 2.05) is 0 Å². The molecule has 0 aromatic heterocycles. The van der Waals surface area contributed by atoms with E-state index >= 15 is 0 Å². The van der Waals surface area contributed by atoms with Gasteiger partial charge in [-0.25, -0.2) is 0 Å². The van der Waals surface area contributed by atoms with Gasteiger partial charge in [-0.2, -0.15) is 0 Å². The minimum absolute atomic E-state index is 0.370. The van der Waals surface area contributed by atoms with E-state index in [2.05, 4.69) is 20.8 Å². The summed E-state index contributed by atoms with van der Waals surface area (Å²) in [4.78, 5) is 0. The number of rotatable bonds is 1. The Hall–Kier alpha value is 0.130. The quantitative estimate of drug-likeness (QED) is 0.427. The van der Waals surface area contributed by atoms with Crippen molar-refractivity contribution < 1.29 is 0 Å². The predicted octanol–water partition coefficient (Wildman–Crippen LogP) is 1.24. The van der Waals surface area contributed by atoms with Crippen molar-refractivity contribution in [2.24, 2.45) is 5.41 Å². The molecule has 0 nitrogen and oxygen atoms in total.